The Kier molecular flexibility index (Phi) is 6.77. The minimum atomic E-state index is -3.99. The number of anilines is 2. The molecule has 0 saturated heterocycles. The zero-order valence-corrected chi connectivity index (χ0v) is 20.8. The Bertz CT molecular complexity index is 1490. The summed E-state index contributed by atoms with van der Waals surface area (Å²) in [7, 11) is -1.06. The van der Waals surface area contributed by atoms with E-state index >= 15 is 0 Å². The molecule has 3 aromatic carbocycles. The number of nitrogen functional groups attached to an aromatic ring is 1. The normalized spacial score (nSPS) is 11.7. The number of benzene rings is 3. The molecule has 0 fully saturated rings. The molecule has 35 heavy (non-hydrogen) atoms. The van der Waals surface area contributed by atoms with Crippen LogP contribution in [-0.2, 0) is 10.0 Å². The molecular formula is C24H23ClN6O3S. The van der Waals surface area contributed by atoms with Gasteiger partial charge in [-0.25, -0.2) is 13.1 Å². The third kappa shape index (κ3) is 4.84. The Balaban J connectivity index is 1.76. The Morgan fingerprint density at radius 3 is 2.37 bits per heavy atom. The van der Waals surface area contributed by atoms with Gasteiger partial charge in [-0.3, -0.25) is 4.31 Å². The Morgan fingerprint density at radius 2 is 1.71 bits per heavy atom. The molecule has 0 aliphatic heterocycles. The fraction of sp³-hybridized carbons (Fsp3) is 0.125. The number of azo groups is 1. The van der Waals surface area contributed by atoms with Crippen molar-refractivity contribution in [2.45, 2.75) is 11.8 Å². The molecule has 0 amide bonds. The number of para-hydroxylation sites is 1. The van der Waals surface area contributed by atoms with Crippen molar-refractivity contribution in [2.24, 2.45) is 10.2 Å². The molecule has 1 aromatic heterocycles. The number of halogens is 1. The van der Waals surface area contributed by atoms with Gasteiger partial charge in [-0.05, 0) is 55.5 Å². The predicted octanol–water partition coefficient (Wildman–Crippen LogP) is 5.67. The van der Waals surface area contributed by atoms with Crippen molar-refractivity contribution in [3.8, 4) is 11.4 Å². The van der Waals surface area contributed by atoms with Crippen molar-refractivity contribution >= 4 is 44.5 Å². The predicted molar refractivity (Wildman–Crippen MR) is 137 cm³/mol. The number of rotatable bonds is 7. The second-order valence-corrected chi connectivity index (χ2v) is 9.92. The zero-order valence-electron chi connectivity index (χ0n) is 19.3. The smallest absolute Gasteiger partial charge is 0.266 e. The van der Waals surface area contributed by atoms with Gasteiger partial charge in [0.05, 0.1) is 24.2 Å². The first-order valence-electron chi connectivity index (χ1n) is 10.5. The van der Waals surface area contributed by atoms with Gasteiger partial charge in [-0.2, -0.15) is 5.10 Å². The molecule has 0 aliphatic rings. The topological polar surface area (TPSA) is 115 Å². The van der Waals surface area contributed by atoms with Crippen LogP contribution in [0.4, 0.5) is 22.9 Å². The van der Waals surface area contributed by atoms with Gasteiger partial charge >= 0.3 is 0 Å². The van der Waals surface area contributed by atoms with E-state index in [1.165, 1.54) is 26.3 Å². The lowest BCUT2D eigenvalue weighted by atomic mass is 10.3. The third-order valence-corrected chi connectivity index (χ3v) is 7.40. The molecule has 0 saturated carbocycles. The molecule has 11 heteroatoms. The molecule has 0 atom stereocenters. The summed E-state index contributed by atoms with van der Waals surface area (Å²) in [6.07, 6.45) is 0. The maximum atomic E-state index is 13.5. The first kappa shape index (κ1) is 24.2. The van der Waals surface area contributed by atoms with Gasteiger partial charge in [0.25, 0.3) is 10.0 Å². The fourth-order valence-electron chi connectivity index (χ4n) is 3.39. The highest BCUT2D eigenvalue weighted by molar-refractivity contribution is 7.93. The summed E-state index contributed by atoms with van der Waals surface area (Å²) in [6.45, 7) is 1.75. The Hall–Kier alpha value is -3.89. The number of nitrogens with zero attached hydrogens (tertiary/aromatic N) is 5. The summed E-state index contributed by atoms with van der Waals surface area (Å²) in [5.41, 5.74) is 8.49. The van der Waals surface area contributed by atoms with E-state index in [2.05, 4.69) is 15.3 Å². The summed E-state index contributed by atoms with van der Waals surface area (Å²) in [5, 5.41) is 13.5. The monoisotopic (exact) mass is 510 g/mol. The van der Waals surface area contributed by atoms with Crippen molar-refractivity contribution in [2.75, 3.05) is 24.2 Å². The van der Waals surface area contributed by atoms with Gasteiger partial charge in [-0.15, -0.1) is 10.2 Å². The zero-order chi connectivity index (χ0) is 25.2. The lowest BCUT2D eigenvalue weighted by Gasteiger charge is -2.20. The highest BCUT2D eigenvalue weighted by atomic mass is 35.5. The van der Waals surface area contributed by atoms with Crippen molar-refractivity contribution < 1.29 is 13.2 Å². The van der Waals surface area contributed by atoms with Crippen LogP contribution in [0, 0.1) is 6.92 Å². The van der Waals surface area contributed by atoms with Crippen LogP contribution in [0.1, 0.15) is 5.69 Å². The molecular weight excluding hydrogens is 488 g/mol. The van der Waals surface area contributed by atoms with E-state index in [4.69, 9.17) is 22.1 Å². The minimum absolute atomic E-state index is 0.0498. The highest BCUT2D eigenvalue weighted by Gasteiger charge is 2.25. The largest absolute Gasteiger partial charge is 0.497 e. The number of methoxy groups -OCH3 is 1. The first-order chi connectivity index (χ1) is 16.7. The summed E-state index contributed by atoms with van der Waals surface area (Å²) in [6, 6.07) is 20.3. The molecule has 0 aliphatic carbocycles. The number of hydrogen-bond acceptors (Lipinski definition) is 7. The van der Waals surface area contributed by atoms with Crippen molar-refractivity contribution in [3.05, 3.63) is 83.5 Å². The quantitative estimate of drug-likeness (QED) is 0.322. The molecule has 0 bridgehead atoms. The van der Waals surface area contributed by atoms with Gasteiger partial charge in [0.2, 0.25) is 0 Å². The number of hydrogen-bond donors (Lipinski definition) is 1. The summed E-state index contributed by atoms with van der Waals surface area (Å²) >= 11 is 5.95. The van der Waals surface area contributed by atoms with Crippen LogP contribution in [-0.4, -0.2) is 32.4 Å². The molecule has 4 aromatic rings. The lowest BCUT2D eigenvalue weighted by molar-refractivity contribution is 0.414. The summed E-state index contributed by atoms with van der Waals surface area (Å²) in [4.78, 5) is -0.0498. The average molecular weight is 511 g/mol. The number of aryl methyl sites for hydroxylation is 1. The van der Waals surface area contributed by atoms with Crippen LogP contribution in [0.25, 0.3) is 5.69 Å². The molecule has 0 spiro atoms. The van der Waals surface area contributed by atoms with Crippen molar-refractivity contribution in [1.29, 1.82) is 0 Å². The SMILES string of the molecule is COc1ccc(S(=O)(=O)N(C)c2ccc(Cl)cc2)c(/N=N/c2c(C)nn(-c3ccccc3)c2N)c1. The van der Waals surface area contributed by atoms with E-state index in [9.17, 15) is 8.42 Å². The minimum Gasteiger partial charge on any atom is -0.497 e. The number of sulfonamides is 1. The molecule has 1 heterocycles. The lowest BCUT2D eigenvalue weighted by Crippen LogP contribution is -2.26. The van der Waals surface area contributed by atoms with Gasteiger partial charge in [-0.1, -0.05) is 29.8 Å². The maximum Gasteiger partial charge on any atom is 0.266 e. The first-order valence-corrected chi connectivity index (χ1v) is 12.3. The molecule has 9 nitrogen and oxygen atoms in total. The second kappa shape index (κ2) is 9.77. The van der Waals surface area contributed by atoms with E-state index in [0.29, 0.717) is 27.8 Å². The van der Waals surface area contributed by atoms with E-state index in [0.717, 1.165) is 9.99 Å². The van der Waals surface area contributed by atoms with Crippen LogP contribution in [0.5, 0.6) is 5.75 Å². The van der Waals surface area contributed by atoms with Crippen LogP contribution in [0.15, 0.2) is 87.9 Å². The molecule has 4 rings (SSSR count). The van der Waals surface area contributed by atoms with Gasteiger partial charge in [0, 0.05) is 18.1 Å². The highest BCUT2D eigenvalue weighted by Crippen LogP contribution is 2.36. The van der Waals surface area contributed by atoms with Crippen molar-refractivity contribution in [3.63, 3.8) is 0 Å². The van der Waals surface area contributed by atoms with Crippen LogP contribution >= 0.6 is 11.6 Å². The van der Waals surface area contributed by atoms with Gasteiger partial charge in [0.15, 0.2) is 11.5 Å². The Morgan fingerprint density at radius 1 is 1.03 bits per heavy atom. The van der Waals surface area contributed by atoms with Gasteiger partial charge < -0.3 is 10.5 Å². The molecule has 0 radical (unpaired) electrons. The maximum absolute atomic E-state index is 13.5. The van der Waals surface area contributed by atoms with Crippen LogP contribution in [0.3, 0.4) is 0 Å². The van der Waals surface area contributed by atoms with Gasteiger partial charge in [0.1, 0.15) is 16.3 Å². The third-order valence-electron chi connectivity index (χ3n) is 5.32. The molecule has 180 valence electrons. The number of ether oxygens (including phenoxy) is 1. The number of nitrogens with two attached hydrogens (primary N) is 1. The van der Waals surface area contributed by atoms with E-state index < -0.39 is 10.0 Å². The summed E-state index contributed by atoms with van der Waals surface area (Å²) in [5.74, 6) is 0.708. The Labute approximate surface area is 208 Å². The van der Waals surface area contributed by atoms with Crippen molar-refractivity contribution in [1.82, 2.24) is 9.78 Å². The fourth-order valence-corrected chi connectivity index (χ4v) is 4.81. The molecule has 2 N–H and O–H groups in total. The second-order valence-electron chi connectivity index (χ2n) is 7.55. The standard InChI is InChI=1S/C24H23ClN6O3S/c1-16-23(24(26)31(29-16)19-7-5-4-6-8-19)28-27-21-15-20(34-3)13-14-22(21)35(32,33)30(2)18-11-9-17(25)10-12-18/h4-15H,26H2,1-3H3/b28-27+. The summed E-state index contributed by atoms with van der Waals surface area (Å²) < 4.78 is 34.9. The van der Waals surface area contributed by atoms with E-state index in [1.54, 1.807) is 41.9 Å². The van der Waals surface area contributed by atoms with E-state index in [-0.39, 0.29) is 16.4 Å². The van der Waals surface area contributed by atoms with E-state index in [1.807, 2.05) is 30.3 Å². The average Bonchev–Trinajstić information content (AvgIpc) is 3.15. The number of aromatic nitrogens is 2. The van der Waals surface area contributed by atoms with Crippen LogP contribution in [0.2, 0.25) is 5.02 Å². The van der Waals surface area contributed by atoms with Crippen LogP contribution < -0.4 is 14.8 Å². The molecule has 0 unspecified atom stereocenters.